The van der Waals surface area contributed by atoms with Gasteiger partial charge in [-0.15, -0.1) is 0 Å². The van der Waals surface area contributed by atoms with Crippen molar-refractivity contribution in [3.8, 4) is 0 Å². The summed E-state index contributed by atoms with van der Waals surface area (Å²) >= 11 is 0. The van der Waals surface area contributed by atoms with Gasteiger partial charge in [0.15, 0.2) is 0 Å². The van der Waals surface area contributed by atoms with Crippen LogP contribution in [-0.2, 0) is 9.53 Å². The highest BCUT2D eigenvalue weighted by molar-refractivity contribution is 5.73. The Bertz CT molecular complexity index is 173. The Morgan fingerprint density at radius 2 is 1.85 bits per heavy atom. The zero-order chi connectivity index (χ0) is 10.6. The molecule has 13 heavy (non-hydrogen) atoms. The normalized spacial score (nSPS) is 14.4. The van der Waals surface area contributed by atoms with Crippen LogP contribution in [0, 0.1) is 5.92 Å². The largest absolute Gasteiger partial charge is 0.460 e. The summed E-state index contributed by atoms with van der Waals surface area (Å²) < 4.78 is 29.3. The maximum atomic E-state index is 12.2. The van der Waals surface area contributed by atoms with Crippen LogP contribution in [0.5, 0.6) is 0 Å². The van der Waals surface area contributed by atoms with Crippen molar-refractivity contribution in [2.75, 3.05) is 0 Å². The summed E-state index contributed by atoms with van der Waals surface area (Å²) in [5.74, 6) is -2.11. The Morgan fingerprint density at radius 3 is 2.08 bits per heavy atom. The molecule has 0 saturated carbocycles. The molecule has 0 spiro atoms. The molecule has 0 N–H and O–H groups in total. The van der Waals surface area contributed by atoms with Crippen molar-refractivity contribution in [1.82, 2.24) is 0 Å². The lowest BCUT2D eigenvalue weighted by Gasteiger charge is -2.22. The van der Waals surface area contributed by atoms with Crippen LogP contribution in [-0.4, -0.2) is 18.0 Å². The number of carbonyl (C=O) groups is 1. The van der Waals surface area contributed by atoms with Gasteiger partial charge in [0.25, 0.3) is 6.43 Å². The molecule has 1 atom stereocenters. The van der Waals surface area contributed by atoms with Gasteiger partial charge in [0.05, 0.1) is 0 Å². The summed E-state index contributed by atoms with van der Waals surface area (Å²) in [7, 11) is 0. The van der Waals surface area contributed by atoms with E-state index in [2.05, 4.69) is 0 Å². The summed E-state index contributed by atoms with van der Waals surface area (Å²) in [6.45, 7) is 6.51. The number of carbonyl (C=O) groups excluding carboxylic acids is 1. The zero-order valence-corrected chi connectivity index (χ0v) is 8.43. The third-order valence-corrected chi connectivity index (χ3v) is 1.45. The second kappa shape index (κ2) is 4.53. The molecule has 2 nitrogen and oxygen atoms in total. The maximum Gasteiger partial charge on any atom is 0.315 e. The van der Waals surface area contributed by atoms with Gasteiger partial charge >= 0.3 is 5.97 Å². The summed E-state index contributed by atoms with van der Waals surface area (Å²) in [5.41, 5.74) is -0.695. The fourth-order valence-electron chi connectivity index (χ4n) is 0.825. The van der Waals surface area contributed by atoms with Crippen LogP contribution in [0.1, 0.15) is 34.1 Å². The van der Waals surface area contributed by atoms with Crippen molar-refractivity contribution < 1.29 is 18.3 Å². The van der Waals surface area contributed by atoms with Crippen LogP contribution in [0.2, 0.25) is 0 Å². The molecule has 0 aromatic carbocycles. The molecule has 0 fully saturated rings. The SMILES string of the molecule is CCC(C(=O)OC(C)(C)C)C(F)F. The molecular formula is C9H16F2O2. The van der Waals surface area contributed by atoms with Crippen LogP contribution < -0.4 is 0 Å². The number of halogens is 2. The minimum absolute atomic E-state index is 0.104. The first kappa shape index (κ1) is 12.3. The van der Waals surface area contributed by atoms with Crippen molar-refractivity contribution in [1.29, 1.82) is 0 Å². The predicted octanol–water partition coefficient (Wildman–Crippen LogP) is 2.62. The molecule has 0 heterocycles. The highest BCUT2D eigenvalue weighted by atomic mass is 19.3. The van der Waals surface area contributed by atoms with E-state index in [1.165, 1.54) is 0 Å². The van der Waals surface area contributed by atoms with E-state index in [4.69, 9.17) is 4.74 Å². The number of hydrogen-bond acceptors (Lipinski definition) is 2. The van der Waals surface area contributed by atoms with Gasteiger partial charge in [-0.1, -0.05) is 6.92 Å². The third-order valence-electron chi connectivity index (χ3n) is 1.45. The quantitative estimate of drug-likeness (QED) is 0.645. The van der Waals surface area contributed by atoms with Crippen LogP contribution in [0.3, 0.4) is 0 Å². The van der Waals surface area contributed by atoms with Gasteiger partial charge in [-0.05, 0) is 27.2 Å². The van der Waals surface area contributed by atoms with E-state index in [-0.39, 0.29) is 6.42 Å². The van der Waals surface area contributed by atoms with Gasteiger partial charge in [0.2, 0.25) is 0 Å². The summed E-state index contributed by atoms with van der Waals surface area (Å²) in [5, 5.41) is 0. The van der Waals surface area contributed by atoms with Crippen molar-refractivity contribution >= 4 is 5.97 Å². The molecule has 0 aromatic heterocycles. The first-order valence-corrected chi connectivity index (χ1v) is 4.29. The number of rotatable bonds is 3. The number of esters is 1. The lowest BCUT2D eigenvalue weighted by molar-refractivity contribution is -0.165. The van der Waals surface area contributed by atoms with Crippen LogP contribution in [0.4, 0.5) is 8.78 Å². The fourth-order valence-corrected chi connectivity index (χ4v) is 0.825. The van der Waals surface area contributed by atoms with Crippen LogP contribution in [0.25, 0.3) is 0 Å². The Labute approximate surface area is 77.3 Å². The number of hydrogen-bond donors (Lipinski definition) is 0. The predicted molar refractivity (Wildman–Crippen MR) is 45.6 cm³/mol. The second-order valence-electron chi connectivity index (χ2n) is 3.88. The Morgan fingerprint density at radius 1 is 1.38 bits per heavy atom. The standard InChI is InChI=1S/C9H16F2O2/c1-5-6(7(10)11)8(12)13-9(2,3)4/h6-7H,5H2,1-4H3. The lowest BCUT2D eigenvalue weighted by atomic mass is 10.1. The van der Waals surface area contributed by atoms with Gasteiger partial charge in [-0.25, -0.2) is 8.78 Å². The number of ether oxygens (including phenoxy) is 1. The van der Waals surface area contributed by atoms with Crippen molar-refractivity contribution in [2.45, 2.75) is 46.1 Å². The van der Waals surface area contributed by atoms with E-state index in [0.717, 1.165) is 0 Å². The third kappa shape index (κ3) is 4.80. The molecule has 0 bridgehead atoms. The zero-order valence-electron chi connectivity index (χ0n) is 8.43. The molecule has 4 heteroatoms. The van der Waals surface area contributed by atoms with E-state index in [0.29, 0.717) is 0 Å². The highest BCUT2D eigenvalue weighted by Crippen LogP contribution is 2.19. The molecule has 1 unspecified atom stereocenters. The topological polar surface area (TPSA) is 26.3 Å². The highest BCUT2D eigenvalue weighted by Gasteiger charge is 2.30. The first-order valence-electron chi connectivity index (χ1n) is 4.29. The molecule has 0 aliphatic carbocycles. The van der Waals surface area contributed by atoms with E-state index in [1.807, 2.05) is 0 Å². The Balaban J connectivity index is 4.23. The summed E-state index contributed by atoms with van der Waals surface area (Å²) in [6.07, 6.45) is -2.54. The molecule has 0 amide bonds. The smallest absolute Gasteiger partial charge is 0.315 e. The van der Waals surface area contributed by atoms with Crippen LogP contribution >= 0.6 is 0 Å². The Kier molecular flexibility index (Phi) is 4.30. The molecular weight excluding hydrogens is 178 g/mol. The van der Waals surface area contributed by atoms with Gasteiger partial charge in [-0.2, -0.15) is 0 Å². The van der Waals surface area contributed by atoms with Gasteiger partial charge in [-0.3, -0.25) is 4.79 Å². The average Bonchev–Trinajstić information content (AvgIpc) is 1.82. The second-order valence-corrected chi connectivity index (χ2v) is 3.88. The minimum atomic E-state index is -2.64. The van der Waals surface area contributed by atoms with Gasteiger partial charge in [0.1, 0.15) is 11.5 Å². The van der Waals surface area contributed by atoms with Crippen molar-refractivity contribution in [3.63, 3.8) is 0 Å². The lowest BCUT2D eigenvalue weighted by Crippen LogP contribution is -2.31. The van der Waals surface area contributed by atoms with E-state index in [9.17, 15) is 13.6 Å². The molecule has 0 radical (unpaired) electrons. The Hall–Kier alpha value is -0.670. The monoisotopic (exact) mass is 194 g/mol. The van der Waals surface area contributed by atoms with Gasteiger partial charge < -0.3 is 4.74 Å². The summed E-state index contributed by atoms with van der Waals surface area (Å²) in [6, 6.07) is 0. The molecule has 78 valence electrons. The van der Waals surface area contributed by atoms with E-state index in [1.54, 1.807) is 27.7 Å². The van der Waals surface area contributed by atoms with Gasteiger partial charge in [0, 0.05) is 0 Å². The van der Waals surface area contributed by atoms with Crippen LogP contribution in [0.15, 0.2) is 0 Å². The van der Waals surface area contributed by atoms with Crippen molar-refractivity contribution in [2.24, 2.45) is 5.92 Å². The molecule has 0 aromatic rings. The average molecular weight is 194 g/mol. The first-order chi connectivity index (χ1) is 5.78. The summed E-state index contributed by atoms with van der Waals surface area (Å²) in [4.78, 5) is 11.1. The number of alkyl halides is 2. The fraction of sp³-hybridized carbons (Fsp3) is 0.889. The van der Waals surface area contributed by atoms with Crippen molar-refractivity contribution in [3.05, 3.63) is 0 Å². The molecule has 0 aliphatic heterocycles. The molecule has 0 aliphatic rings. The maximum absolute atomic E-state index is 12.2. The minimum Gasteiger partial charge on any atom is -0.460 e. The molecule has 0 saturated heterocycles. The van der Waals surface area contributed by atoms with E-state index >= 15 is 0 Å². The van der Waals surface area contributed by atoms with E-state index < -0.39 is 23.9 Å². The molecule has 0 rings (SSSR count).